The van der Waals surface area contributed by atoms with Gasteiger partial charge in [0.25, 0.3) is 0 Å². The molecule has 0 spiro atoms. The van der Waals surface area contributed by atoms with Crippen molar-refractivity contribution in [2.45, 2.75) is 38.9 Å². The molecule has 9 heteroatoms. The molecule has 2 heterocycles. The second-order valence-corrected chi connectivity index (χ2v) is 5.96. The first kappa shape index (κ1) is 18.3. The number of aromatic nitrogens is 2. The van der Waals surface area contributed by atoms with E-state index in [9.17, 15) is 22.8 Å². The van der Waals surface area contributed by atoms with Crippen molar-refractivity contribution in [1.29, 1.82) is 0 Å². The Kier molecular flexibility index (Phi) is 5.51. The summed E-state index contributed by atoms with van der Waals surface area (Å²) in [6.45, 7) is 4.13. The van der Waals surface area contributed by atoms with Gasteiger partial charge in [0.2, 0.25) is 5.91 Å². The van der Waals surface area contributed by atoms with Gasteiger partial charge in [0.15, 0.2) is 0 Å². The van der Waals surface area contributed by atoms with Crippen LogP contribution in [-0.2, 0) is 9.59 Å². The third-order valence-electron chi connectivity index (χ3n) is 4.19. The highest BCUT2D eigenvalue weighted by Crippen LogP contribution is 2.20. The summed E-state index contributed by atoms with van der Waals surface area (Å²) in [5.74, 6) is -1.16. The fraction of sp³-hybridized carbons (Fsp3) is 0.667. The number of carbonyl (C=O) groups excluding carboxylic acids is 2. The third-order valence-corrected chi connectivity index (χ3v) is 4.19. The molecule has 24 heavy (non-hydrogen) atoms. The number of amides is 2. The Morgan fingerprint density at radius 3 is 2.42 bits per heavy atom. The molecule has 1 fully saturated rings. The van der Waals surface area contributed by atoms with Crippen molar-refractivity contribution in [3.05, 3.63) is 18.2 Å². The molecular formula is C15H21F3N4O2. The summed E-state index contributed by atoms with van der Waals surface area (Å²) in [4.78, 5) is 30.1. The van der Waals surface area contributed by atoms with Crippen LogP contribution in [0.2, 0.25) is 0 Å². The minimum absolute atomic E-state index is 0.0122. The van der Waals surface area contributed by atoms with Crippen LogP contribution in [0, 0.1) is 6.92 Å². The molecule has 0 N–H and O–H groups in total. The largest absolute Gasteiger partial charge is 0.471 e. The second kappa shape index (κ2) is 7.23. The van der Waals surface area contributed by atoms with Gasteiger partial charge in [-0.15, -0.1) is 0 Å². The lowest BCUT2D eigenvalue weighted by Crippen LogP contribution is -2.43. The summed E-state index contributed by atoms with van der Waals surface area (Å²) in [5.41, 5.74) is 0. The summed E-state index contributed by atoms with van der Waals surface area (Å²) < 4.78 is 39.4. The Balaban J connectivity index is 1.92. The van der Waals surface area contributed by atoms with Gasteiger partial charge in [-0.05, 0) is 20.3 Å². The van der Waals surface area contributed by atoms with E-state index in [0.717, 1.165) is 10.7 Å². The van der Waals surface area contributed by atoms with Crippen molar-refractivity contribution in [2.24, 2.45) is 0 Å². The lowest BCUT2D eigenvalue weighted by Gasteiger charge is -2.24. The number of halogens is 3. The van der Waals surface area contributed by atoms with E-state index in [1.165, 1.54) is 4.90 Å². The predicted octanol–water partition coefficient (Wildman–Crippen LogP) is 1.77. The van der Waals surface area contributed by atoms with Crippen LogP contribution >= 0.6 is 0 Å². The second-order valence-electron chi connectivity index (χ2n) is 5.96. The standard InChI is InChI=1S/C15H21F3N4O2/c1-11(22-7-4-19-12(22)2)10-13(23)20-5-3-6-21(9-8-20)14(24)15(16,17)18/h4,7,11H,3,5-6,8-10H2,1-2H3. The molecule has 0 aromatic carbocycles. The van der Waals surface area contributed by atoms with Gasteiger partial charge >= 0.3 is 12.1 Å². The van der Waals surface area contributed by atoms with E-state index in [4.69, 9.17) is 0 Å². The van der Waals surface area contributed by atoms with E-state index in [0.29, 0.717) is 13.0 Å². The number of alkyl halides is 3. The van der Waals surface area contributed by atoms with E-state index >= 15 is 0 Å². The van der Waals surface area contributed by atoms with Crippen molar-refractivity contribution >= 4 is 11.8 Å². The Morgan fingerprint density at radius 1 is 1.21 bits per heavy atom. The van der Waals surface area contributed by atoms with Crippen LogP contribution in [0.4, 0.5) is 13.2 Å². The monoisotopic (exact) mass is 346 g/mol. The lowest BCUT2D eigenvalue weighted by molar-refractivity contribution is -0.185. The Labute approximate surface area is 138 Å². The molecule has 1 aromatic rings. The molecule has 0 aliphatic carbocycles. The minimum atomic E-state index is -4.87. The van der Waals surface area contributed by atoms with Crippen molar-refractivity contribution in [3.63, 3.8) is 0 Å². The van der Waals surface area contributed by atoms with E-state index < -0.39 is 12.1 Å². The van der Waals surface area contributed by atoms with E-state index in [1.54, 1.807) is 12.4 Å². The van der Waals surface area contributed by atoms with E-state index in [1.807, 2.05) is 18.4 Å². The van der Waals surface area contributed by atoms with Crippen molar-refractivity contribution in [3.8, 4) is 0 Å². The molecular weight excluding hydrogens is 325 g/mol. The number of rotatable bonds is 3. The van der Waals surface area contributed by atoms with Gasteiger partial charge < -0.3 is 14.4 Å². The number of nitrogens with zero attached hydrogens (tertiary/aromatic N) is 4. The van der Waals surface area contributed by atoms with Gasteiger partial charge in [-0.2, -0.15) is 13.2 Å². The molecule has 1 saturated heterocycles. The van der Waals surface area contributed by atoms with Crippen LogP contribution in [0.25, 0.3) is 0 Å². The fourth-order valence-corrected chi connectivity index (χ4v) is 2.88. The van der Waals surface area contributed by atoms with Gasteiger partial charge in [-0.3, -0.25) is 9.59 Å². The Hall–Kier alpha value is -2.06. The Bertz CT molecular complexity index is 600. The number of hydrogen-bond acceptors (Lipinski definition) is 3. The third kappa shape index (κ3) is 4.27. The average Bonchev–Trinajstić information content (AvgIpc) is 2.79. The van der Waals surface area contributed by atoms with Crippen LogP contribution in [0.1, 0.15) is 31.6 Å². The lowest BCUT2D eigenvalue weighted by atomic mass is 10.2. The maximum absolute atomic E-state index is 12.5. The molecule has 6 nitrogen and oxygen atoms in total. The fourth-order valence-electron chi connectivity index (χ4n) is 2.88. The van der Waals surface area contributed by atoms with Crippen molar-refractivity contribution in [2.75, 3.05) is 26.2 Å². The zero-order valence-electron chi connectivity index (χ0n) is 13.7. The molecule has 2 amide bonds. The maximum Gasteiger partial charge on any atom is 0.471 e. The highest BCUT2D eigenvalue weighted by Gasteiger charge is 2.42. The van der Waals surface area contributed by atoms with Crippen LogP contribution in [0.5, 0.6) is 0 Å². The average molecular weight is 346 g/mol. The van der Waals surface area contributed by atoms with Gasteiger partial charge in [-0.25, -0.2) is 4.98 Å². The molecule has 0 radical (unpaired) electrons. The first-order valence-corrected chi connectivity index (χ1v) is 7.83. The predicted molar refractivity (Wildman–Crippen MR) is 80.1 cm³/mol. The molecule has 1 aliphatic heterocycles. The van der Waals surface area contributed by atoms with E-state index in [2.05, 4.69) is 4.98 Å². The van der Waals surface area contributed by atoms with Crippen LogP contribution in [0.3, 0.4) is 0 Å². The molecule has 1 unspecified atom stereocenters. The SMILES string of the molecule is Cc1nccn1C(C)CC(=O)N1CCCN(C(=O)C(F)(F)F)CC1. The molecule has 0 bridgehead atoms. The highest BCUT2D eigenvalue weighted by molar-refractivity contribution is 5.82. The number of aryl methyl sites for hydroxylation is 1. The topological polar surface area (TPSA) is 58.4 Å². The van der Waals surface area contributed by atoms with Gasteiger partial charge in [0.1, 0.15) is 5.82 Å². The molecule has 0 saturated carbocycles. The highest BCUT2D eigenvalue weighted by atomic mass is 19.4. The zero-order valence-corrected chi connectivity index (χ0v) is 13.7. The zero-order chi connectivity index (χ0) is 17.9. The summed E-state index contributed by atoms with van der Waals surface area (Å²) in [6, 6.07) is -0.0869. The summed E-state index contributed by atoms with van der Waals surface area (Å²) in [5, 5.41) is 0. The number of imidazole rings is 1. The minimum Gasteiger partial charge on any atom is -0.341 e. The quantitative estimate of drug-likeness (QED) is 0.838. The summed E-state index contributed by atoms with van der Waals surface area (Å²) >= 11 is 0. The van der Waals surface area contributed by atoms with Crippen LogP contribution in [-0.4, -0.2) is 63.5 Å². The van der Waals surface area contributed by atoms with Gasteiger partial charge in [-0.1, -0.05) is 0 Å². The van der Waals surface area contributed by atoms with E-state index in [-0.39, 0.29) is 38.0 Å². The Morgan fingerprint density at radius 2 is 1.83 bits per heavy atom. The summed E-state index contributed by atoms with van der Waals surface area (Å²) in [6.07, 6.45) is -0.842. The van der Waals surface area contributed by atoms with Crippen molar-refractivity contribution in [1.82, 2.24) is 19.4 Å². The van der Waals surface area contributed by atoms with Crippen LogP contribution in [0.15, 0.2) is 12.4 Å². The first-order chi connectivity index (χ1) is 11.2. The summed E-state index contributed by atoms with van der Waals surface area (Å²) in [7, 11) is 0. The van der Waals surface area contributed by atoms with Crippen molar-refractivity contribution < 1.29 is 22.8 Å². The number of carbonyl (C=O) groups is 2. The smallest absolute Gasteiger partial charge is 0.341 e. The maximum atomic E-state index is 12.5. The van der Waals surface area contributed by atoms with Crippen LogP contribution < -0.4 is 0 Å². The first-order valence-electron chi connectivity index (χ1n) is 7.83. The molecule has 1 aromatic heterocycles. The molecule has 1 atom stereocenters. The van der Waals surface area contributed by atoms with Gasteiger partial charge in [0, 0.05) is 51.0 Å². The normalized spacial score (nSPS) is 17.5. The molecule has 1 aliphatic rings. The number of hydrogen-bond donors (Lipinski definition) is 0. The molecule has 134 valence electrons. The molecule has 2 rings (SSSR count). The van der Waals surface area contributed by atoms with Gasteiger partial charge in [0.05, 0.1) is 0 Å².